The van der Waals surface area contributed by atoms with E-state index >= 15 is 0 Å². The molecular formula is C15H29O2Si. The highest BCUT2D eigenvalue weighted by Gasteiger charge is 2.42. The van der Waals surface area contributed by atoms with E-state index < -0.39 is 9.04 Å². The third-order valence-corrected chi connectivity index (χ3v) is 5.58. The maximum absolute atomic E-state index is 12.1. The van der Waals surface area contributed by atoms with Crippen molar-refractivity contribution in [1.82, 2.24) is 0 Å². The van der Waals surface area contributed by atoms with E-state index in [9.17, 15) is 4.79 Å². The van der Waals surface area contributed by atoms with Crippen molar-refractivity contribution in [2.75, 3.05) is 0 Å². The van der Waals surface area contributed by atoms with Gasteiger partial charge in [-0.3, -0.25) is 0 Å². The van der Waals surface area contributed by atoms with Crippen LogP contribution in [-0.4, -0.2) is 15.0 Å². The Morgan fingerprint density at radius 1 is 1.06 bits per heavy atom. The molecule has 0 spiro atoms. The van der Waals surface area contributed by atoms with Crippen LogP contribution in [0.4, 0.5) is 0 Å². The number of hydrogen-bond donors (Lipinski definition) is 0. The molecule has 0 aliphatic rings. The van der Waals surface area contributed by atoms with E-state index in [2.05, 4.69) is 55.4 Å². The second-order valence-electron chi connectivity index (χ2n) is 7.31. The minimum atomic E-state index is -1.24. The van der Waals surface area contributed by atoms with Crippen LogP contribution in [0.2, 0.25) is 10.1 Å². The summed E-state index contributed by atoms with van der Waals surface area (Å²) < 4.78 is 5.84. The van der Waals surface area contributed by atoms with Gasteiger partial charge in [-0.2, -0.15) is 0 Å². The minimum absolute atomic E-state index is 0.0384. The second-order valence-corrected chi connectivity index (χ2v) is 11.2. The maximum atomic E-state index is 12.1. The van der Waals surface area contributed by atoms with Crippen LogP contribution in [0, 0.1) is 5.92 Å². The lowest BCUT2D eigenvalue weighted by Gasteiger charge is -2.36. The Hall–Kier alpha value is -0.573. The Kier molecular flexibility index (Phi) is 5.85. The van der Waals surface area contributed by atoms with Gasteiger partial charge in [0.05, 0.1) is 0 Å². The molecule has 0 aromatic rings. The Bertz CT molecular complexity index is 302. The van der Waals surface area contributed by atoms with Gasteiger partial charge >= 0.3 is 5.97 Å². The van der Waals surface area contributed by atoms with Gasteiger partial charge in [-0.05, 0) is 22.9 Å². The van der Waals surface area contributed by atoms with Crippen molar-refractivity contribution in [3.8, 4) is 0 Å². The first-order valence-corrected chi connectivity index (χ1v) is 8.05. The number of allylic oxidation sites excluding steroid dienone is 1. The highest BCUT2D eigenvalue weighted by atomic mass is 28.3. The molecule has 0 aromatic carbocycles. The quantitative estimate of drug-likeness (QED) is 0.547. The number of hydrogen-bond acceptors (Lipinski definition) is 2. The van der Waals surface area contributed by atoms with Gasteiger partial charge in [-0.15, -0.1) is 0 Å². The van der Waals surface area contributed by atoms with Gasteiger partial charge in [-0.1, -0.05) is 61.5 Å². The van der Waals surface area contributed by atoms with E-state index in [4.69, 9.17) is 4.43 Å². The lowest BCUT2D eigenvalue weighted by atomic mass is 10.1. The van der Waals surface area contributed by atoms with E-state index in [0.717, 1.165) is 5.57 Å². The van der Waals surface area contributed by atoms with Gasteiger partial charge in [0.2, 0.25) is 0 Å². The Morgan fingerprint density at radius 2 is 1.44 bits per heavy atom. The van der Waals surface area contributed by atoms with Crippen molar-refractivity contribution >= 4 is 15.0 Å². The van der Waals surface area contributed by atoms with Crippen LogP contribution in [-0.2, 0) is 9.22 Å². The Morgan fingerprint density at radius 3 is 1.72 bits per heavy atom. The zero-order valence-corrected chi connectivity index (χ0v) is 14.5. The first-order valence-electron chi connectivity index (χ1n) is 6.64. The van der Waals surface area contributed by atoms with E-state index in [-0.39, 0.29) is 16.0 Å². The molecule has 0 atom stereocenters. The van der Waals surface area contributed by atoms with E-state index in [0.29, 0.717) is 5.92 Å². The predicted molar refractivity (Wildman–Crippen MR) is 79.9 cm³/mol. The summed E-state index contributed by atoms with van der Waals surface area (Å²) in [4.78, 5) is 12.1. The predicted octanol–water partition coefficient (Wildman–Crippen LogP) is 4.72. The molecule has 0 N–H and O–H groups in total. The molecule has 0 saturated carbocycles. The van der Waals surface area contributed by atoms with Crippen LogP contribution in [0.15, 0.2) is 11.6 Å². The summed E-state index contributed by atoms with van der Waals surface area (Å²) in [6.07, 6.45) is 1.97. The first-order chi connectivity index (χ1) is 7.85. The molecule has 0 unspecified atom stereocenters. The third kappa shape index (κ3) is 5.85. The molecular weight excluding hydrogens is 240 g/mol. The Labute approximate surface area is 115 Å². The lowest BCUT2D eigenvalue weighted by Crippen LogP contribution is -2.40. The van der Waals surface area contributed by atoms with E-state index in [1.807, 2.05) is 13.0 Å². The SMILES string of the molecule is C/C(=C\C(C)C)C(=O)O[Si](C(C)(C)C)C(C)(C)C. The average molecular weight is 269 g/mol. The summed E-state index contributed by atoms with van der Waals surface area (Å²) in [5.41, 5.74) is 0.723. The van der Waals surface area contributed by atoms with E-state index in [1.54, 1.807) is 0 Å². The van der Waals surface area contributed by atoms with Gasteiger partial charge in [-0.25, -0.2) is 4.79 Å². The summed E-state index contributed by atoms with van der Waals surface area (Å²) in [6.45, 7) is 18.9. The molecule has 105 valence electrons. The fourth-order valence-electron chi connectivity index (χ4n) is 2.17. The third-order valence-electron chi connectivity index (χ3n) is 2.46. The molecule has 1 radical (unpaired) electrons. The normalized spacial score (nSPS) is 14.3. The van der Waals surface area contributed by atoms with Crippen LogP contribution in [0.3, 0.4) is 0 Å². The van der Waals surface area contributed by atoms with Gasteiger partial charge in [0.1, 0.15) is 0 Å². The van der Waals surface area contributed by atoms with Crippen molar-refractivity contribution in [3.05, 3.63) is 11.6 Å². The Balaban J connectivity index is 4.99. The van der Waals surface area contributed by atoms with Crippen LogP contribution >= 0.6 is 0 Å². The molecule has 2 nitrogen and oxygen atoms in total. The summed E-state index contributed by atoms with van der Waals surface area (Å²) >= 11 is 0. The molecule has 0 heterocycles. The summed E-state index contributed by atoms with van der Waals surface area (Å²) in [7, 11) is -1.24. The van der Waals surface area contributed by atoms with Crippen molar-refractivity contribution in [3.63, 3.8) is 0 Å². The smallest absolute Gasteiger partial charge is 0.320 e. The number of carbonyl (C=O) groups is 1. The van der Waals surface area contributed by atoms with Gasteiger partial charge in [0.25, 0.3) is 9.04 Å². The number of carbonyl (C=O) groups excluding carboxylic acids is 1. The van der Waals surface area contributed by atoms with Crippen molar-refractivity contribution in [2.24, 2.45) is 5.92 Å². The van der Waals surface area contributed by atoms with Crippen molar-refractivity contribution in [1.29, 1.82) is 0 Å². The van der Waals surface area contributed by atoms with Crippen molar-refractivity contribution < 1.29 is 9.22 Å². The van der Waals surface area contributed by atoms with Crippen LogP contribution in [0.5, 0.6) is 0 Å². The zero-order chi connectivity index (χ0) is 14.7. The molecule has 18 heavy (non-hydrogen) atoms. The molecule has 3 heteroatoms. The monoisotopic (exact) mass is 269 g/mol. The standard InChI is InChI=1S/C15H29O2Si/c1-11(2)10-12(3)13(16)17-18(14(4,5)6)15(7,8)9/h10-11H,1-9H3/b12-10+. The molecule has 0 aliphatic heterocycles. The molecule has 0 bridgehead atoms. The highest BCUT2D eigenvalue weighted by molar-refractivity contribution is 6.60. The number of rotatable bonds is 3. The molecule has 0 fully saturated rings. The van der Waals surface area contributed by atoms with Crippen LogP contribution in [0.25, 0.3) is 0 Å². The first kappa shape index (κ1) is 17.4. The molecule has 0 amide bonds. The van der Waals surface area contributed by atoms with Crippen LogP contribution < -0.4 is 0 Å². The minimum Gasteiger partial charge on any atom is -0.513 e. The maximum Gasteiger partial charge on any atom is 0.320 e. The van der Waals surface area contributed by atoms with Gasteiger partial charge in [0, 0.05) is 5.57 Å². The fraction of sp³-hybridized carbons (Fsp3) is 0.800. The summed E-state index contributed by atoms with van der Waals surface area (Å²) in [5.74, 6) is 0.222. The van der Waals surface area contributed by atoms with Gasteiger partial charge < -0.3 is 4.43 Å². The topological polar surface area (TPSA) is 26.3 Å². The fourth-order valence-corrected chi connectivity index (χ4v) is 5.38. The summed E-state index contributed by atoms with van der Waals surface area (Å²) in [6, 6.07) is 0. The molecule has 0 aromatic heterocycles. The average Bonchev–Trinajstić information content (AvgIpc) is 2.08. The largest absolute Gasteiger partial charge is 0.513 e. The van der Waals surface area contributed by atoms with Crippen molar-refractivity contribution in [2.45, 2.75) is 72.4 Å². The van der Waals surface area contributed by atoms with Gasteiger partial charge in [0.15, 0.2) is 0 Å². The molecule has 0 saturated heterocycles. The van der Waals surface area contributed by atoms with Crippen LogP contribution in [0.1, 0.15) is 62.3 Å². The highest BCUT2D eigenvalue weighted by Crippen LogP contribution is 2.42. The zero-order valence-electron chi connectivity index (χ0n) is 13.5. The summed E-state index contributed by atoms with van der Waals surface area (Å²) in [5, 5.41) is 0.0768. The second kappa shape index (κ2) is 6.05. The lowest BCUT2D eigenvalue weighted by molar-refractivity contribution is -0.131. The molecule has 0 rings (SSSR count). The van der Waals surface area contributed by atoms with E-state index in [1.165, 1.54) is 0 Å². The molecule has 0 aliphatic carbocycles.